The van der Waals surface area contributed by atoms with E-state index in [1.165, 1.54) is 6.07 Å². The molecular formula is C13H19FN2OS. The Morgan fingerprint density at radius 3 is 3.00 bits per heavy atom. The average Bonchev–Trinajstić information content (AvgIpc) is 2.34. The van der Waals surface area contributed by atoms with Crippen LogP contribution in [0.25, 0.3) is 0 Å². The number of hydrogen-bond donors (Lipinski definition) is 1. The van der Waals surface area contributed by atoms with Crippen LogP contribution < -0.4 is 15.4 Å². The first kappa shape index (κ1) is 13.3. The first-order chi connectivity index (χ1) is 8.63. The maximum absolute atomic E-state index is 13.7. The van der Waals surface area contributed by atoms with Crippen molar-refractivity contribution in [3.8, 4) is 5.75 Å². The number of hydrogen-bond acceptors (Lipinski definition) is 4. The van der Waals surface area contributed by atoms with Crippen molar-refractivity contribution in [2.24, 2.45) is 0 Å². The van der Waals surface area contributed by atoms with Crippen molar-refractivity contribution in [1.82, 2.24) is 0 Å². The molecular weight excluding hydrogens is 251 g/mol. The van der Waals surface area contributed by atoms with Gasteiger partial charge in [-0.25, -0.2) is 4.39 Å². The topological polar surface area (TPSA) is 38.5 Å². The molecule has 1 unspecified atom stereocenters. The number of thioether (sulfide) groups is 1. The molecule has 0 amide bonds. The minimum Gasteiger partial charge on any atom is -0.491 e. The second-order valence-corrected chi connectivity index (χ2v) is 5.54. The zero-order valence-electron chi connectivity index (χ0n) is 10.8. The van der Waals surface area contributed by atoms with Crippen molar-refractivity contribution in [3.05, 3.63) is 17.9 Å². The van der Waals surface area contributed by atoms with Crippen molar-refractivity contribution in [2.45, 2.75) is 19.9 Å². The molecule has 0 spiro atoms. The Balaban J connectivity index is 2.33. The molecule has 100 valence electrons. The van der Waals surface area contributed by atoms with E-state index in [4.69, 9.17) is 10.5 Å². The van der Waals surface area contributed by atoms with Crippen molar-refractivity contribution in [3.63, 3.8) is 0 Å². The van der Waals surface area contributed by atoms with Gasteiger partial charge in [-0.15, -0.1) is 0 Å². The zero-order valence-corrected chi connectivity index (χ0v) is 11.6. The average molecular weight is 270 g/mol. The number of anilines is 2. The van der Waals surface area contributed by atoms with Gasteiger partial charge < -0.3 is 15.4 Å². The van der Waals surface area contributed by atoms with Crippen molar-refractivity contribution in [2.75, 3.05) is 35.3 Å². The normalized spacial score (nSPS) is 19.9. The highest BCUT2D eigenvalue weighted by Gasteiger charge is 2.22. The zero-order chi connectivity index (χ0) is 13.1. The lowest BCUT2D eigenvalue weighted by molar-refractivity contribution is 0.321. The maximum Gasteiger partial charge on any atom is 0.167 e. The highest BCUT2D eigenvalue weighted by Crippen LogP contribution is 2.34. The summed E-state index contributed by atoms with van der Waals surface area (Å²) < 4.78 is 19.0. The number of rotatable bonds is 3. The molecule has 0 aliphatic carbocycles. The van der Waals surface area contributed by atoms with Crippen LogP contribution in [0.1, 0.15) is 13.8 Å². The van der Waals surface area contributed by atoms with Crippen LogP contribution in [0, 0.1) is 5.82 Å². The van der Waals surface area contributed by atoms with Crippen LogP contribution in [0.15, 0.2) is 12.1 Å². The Morgan fingerprint density at radius 2 is 2.33 bits per heavy atom. The van der Waals surface area contributed by atoms with E-state index in [1.54, 1.807) is 6.07 Å². The van der Waals surface area contributed by atoms with Crippen LogP contribution in [-0.2, 0) is 0 Å². The van der Waals surface area contributed by atoms with Gasteiger partial charge in [0.15, 0.2) is 11.6 Å². The Hall–Kier alpha value is -1.10. The van der Waals surface area contributed by atoms with Crippen LogP contribution in [0.5, 0.6) is 5.75 Å². The summed E-state index contributed by atoms with van der Waals surface area (Å²) in [6.45, 7) is 5.39. The van der Waals surface area contributed by atoms with E-state index in [9.17, 15) is 4.39 Å². The molecule has 1 aliphatic heterocycles. The minimum absolute atomic E-state index is 0.284. The lowest BCUT2D eigenvalue weighted by Crippen LogP contribution is -2.40. The van der Waals surface area contributed by atoms with Gasteiger partial charge in [0.1, 0.15) is 0 Å². The van der Waals surface area contributed by atoms with E-state index in [0.29, 0.717) is 18.3 Å². The number of nitrogens with two attached hydrogens (primary N) is 1. The van der Waals surface area contributed by atoms with E-state index in [-0.39, 0.29) is 5.75 Å². The van der Waals surface area contributed by atoms with Gasteiger partial charge in [-0.05, 0) is 13.8 Å². The molecule has 0 aromatic heterocycles. The number of nitrogens with zero attached hydrogens (tertiary/aromatic N) is 1. The fourth-order valence-electron chi connectivity index (χ4n) is 2.16. The molecule has 5 heteroatoms. The van der Waals surface area contributed by atoms with Gasteiger partial charge in [-0.2, -0.15) is 11.8 Å². The Morgan fingerprint density at radius 1 is 1.56 bits per heavy atom. The summed E-state index contributed by atoms with van der Waals surface area (Å²) in [5, 5.41) is 0. The van der Waals surface area contributed by atoms with Crippen LogP contribution in [0.3, 0.4) is 0 Å². The summed E-state index contributed by atoms with van der Waals surface area (Å²) in [4.78, 5) is 2.23. The molecule has 0 bridgehead atoms. The van der Waals surface area contributed by atoms with Gasteiger partial charge in [0, 0.05) is 36.2 Å². The molecule has 1 heterocycles. The molecule has 3 nitrogen and oxygen atoms in total. The monoisotopic (exact) mass is 270 g/mol. The molecule has 0 radical (unpaired) electrons. The van der Waals surface area contributed by atoms with Gasteiger partial charge >= 0.3 is 0 Å². The molecule has 2 N–H and O–H groups in total. The second-order valence-electron chi connectivity index (χ2n) is 4.39. The van der Waals surface area contributed by atoms with E-state index in [1.807, 2.05) is 18.7 Å². The molecule has 2 rings (SSSR count). The summed E-state index contributed by atoms with van der Waals surface area (Å²) in [6.07, 6.45) is 0. The fraction of sp³-hybridized carbons (Fsp3) is 0.538. The Bertz CT molecular complexity index is 428. The summed E-state index contributed by atoms with van der Waals surface area (Å²) in [5.41, 5.74) is 7.30. The standard InChI is InChI=1S/C13H19FN2OS/c1-3-17-13-7-12(11(15)6-10(13)14)16-4-5-18-8-9(16)2/h6-7,9H,3-5,8,15H2,1-2H3. The van der Waals surface area contributed by atoms with E-state index >= 15 is 0 Å². The van der Waals surface area contributed by atoms with Crippen LogP contribution in [0.4, 0.5) is 15.8 Å². The molecule has 1 aliphatic rings. The number of nitrogen functional groups attached to an aromatic ring is 1. The number of benzene rings is 1. The van der Waals surface area contributed by atoms with Crippen molar-refractivity contribution < 1.29 is 9.13 Å². The smallest absolute Gasteiger partial charge is 0.167 e. The maximum atomic E-state index is 13.7. The molecule has 1 fully saturated rings. The van der Waals surface area contributed by atoms with E-state index < -0.39 is 5.82 Å². The highest BCUT2D eigenvalue weighted by atomic mass is 32.2. The third-order valence-corrected chi connectivity index (χ3v) is 4.25. The Kier molecular flexibility index (Phi) is 4.22. The minimum atomic E-state index is -0.392. The predicted molar refractivity (Wildman–Crippen MR) is 76.1 cm³/mol. The number of halogens is 1. The highest BCUT2D eigenvalue weighted by molar-refractivity contribution is 7.99. The lowest BCUT2D eigenvalue weighted by atomic mass is 10.2. The lowest BCUT2D eigenvalue weighted by Gasteiger charge is -2.36. The first-order valence-corrected chi connectivity index (χ1v) is 7.35. The molecule has 1 aromatic carbocycles. The third-order valence-electron chi connectivity index (χ3n) is 3.06. The van der Waals surface area contributed by atoms with Crippen LogP contribution >= 0.6 is 11.8 Å². The third kappa shape index (κ3) is 2.66. The number of ether oxygens (including phenoxy) is 1. The SMILES string of the molecule is CCOc1cc(N2CCSCC2C)c(N)cc1F. The summed E-state index contributed by atoms with van der Waals surface area (Å²) in [7, 11) is 0. The van der Waals surface area contributed by atoms with Gasteiger partial charge in [0.25, 0.3) is 0 Å². The van der Waals surface area contributed by atoms with Crippen LogP contribution in [-0.4, -0.2) is 30.7 Å². The molecule has 18 heavy (non-hydrogen) atoms. The molecule has 1 aromatic rings. The van der Waals surface area contributed by atoms with Gasteiger partial charge in [0.2, 0.25) is 0 Å². The van der Waals surface area contributed by atoms with Crippen molar-refractivity contribution >= 4 is 23.1 Å². The summed E-state index contributed by atoms with van der Waals surface area (Å²) in [5.74, 6) is 2.04. The molecule has 1 atom stereocenters. The largest absolute Gasteiger partial charge is 0.491 e. The van der Waals surface area contributed by atoms with Crippen molar-refractivity contribution in [1.29, 1.82) is 0 Å². The van der Waals surface area contributed by atoms with Gasteiger partial charge in [-0.1, -0.05) is 0 Å². The Labute approximate surface area is 111 Å². The summed E-state index contributed by atoms with van der Waals surface area (Å²) in [6, 6.07) is 3.49. The molecule has 0 saturated carbocycles. The van der Waals surface area contributed by atoms with Crippen LogP contribution in [0.2, 0.25) is 0 Å². The van der Waals surface area contributed by atoms with E-state index in [2.05, 4.69) is 11.8 Å². The fourth-order valence-corrected chi connectivity index (χ4v) is 3.17. The molecule has 1 saturated heterocycles. The van der Waals surface area contributed by atoms with Gasteiger partial charge in [-0.3, -0.25) is 0 Å². The second kappa shape index (κ2) is 5.69. The first-order valence-electron chi connectivity index (χ1n) is 6.19. The quantitative estimate of drug-likeness (QED) is 0.857. The summed E-state index contributed by atoms with van der Waals surface area (Å²) >= 11 is 1.94. The predicted octanol–water partition coefficient (Wildman–Crippen LogP) is 2.75. The van der Waals surface area contributed by atoms with Gasteiger partial charge in [0.05, 0.1) is 18.0 Å². The van der Waals surface area contributed by atoms with E-state index in [0.717, 1.165) is 23.7 Å².